The molecule has 3 heteroatoms. The normalized spacial score (nSPS) is 28.2. The summed E-state index contributed by atoms with van der Waals surface area (Å²) in [7, 11) is 2.15. The van der Waals surface area contributed by atoms with Crippen molar-refractivity contribution in [1.29, 1.82) is 0 Å². The van der Waals surface area contributed by atoms with Crippen molar-refractivity contribution >= 4 is 11.6 Å². The van der Waals surface area contributed by atoms with E-state index in [1.54, 1.807) is 0 Å². The second kappa shape index (κ2) is 4.97. The number of hydrogen-bond donors (Lipinski definition) is 1. The highest BCUT2D eigenvalue weighted by molar-refractivity contribution is 6.31. The molecule has 1 aromatic rings. The molecule has 0 spiro atoms. The molecule has 0 heterocycles. The quantitative estimate of drug-likeness (QED) is 0.893. The fourth-order valence-electron chi connectivity index (χ4n) is 2.92. The van der Waals surface area contributed by atoms with Crippen LogP contribution in [0.15, 0.2) is 24.3 Å². The number of rotatable bonds is 4. The van der Waals surface area contributed by atoms with Gasteiger partial charge < -0.3 is 5.73 Å². The Labute approximate surface area is 109 Å². The maximum atomic E-state index is 6.19. The smallest absolute Gasteiger partial charge is 0.0451 e. The third-order valence-electron chi connectivity index (χ3n) is 4.01. The van der Waals surface area contributed by atoms with E-state index < -0.39 is 0 Å². The van der Waals surface area contributed by atoms with Crippen molar-refractivity contribution in [1.82, 2.24) is 4.90 Å². The van der Waals surface area contributed by atoms with Crippen LogP contribution in [0.25, 0.3) is 0 Å². The Morgan fingerprint density at radius 1 is 1.41 bits per heavy atom. The monoisotopic (exact) mass is 252 g/mol. The first kappa shape index (κ1) is 12.9. The number of nitrogens with two attached hydrogens (primary N) is 1. The summed E-state index contributed by atoms with van der Waals surface area (Å²) in [6, 6.07) is 8.04. The lowest BCUT2D eigenvalue weighted by molar-refractivity contribution is 0.000300. The van der Waals surface area contributed by atoms with Gasteiger partial charge in [-0.05, 0) is 37.4 Å². The van der Waals surface area contributed by atoms with Gasteiger partial charge in [-0.25, -0.2) is 0 Å². The lowest BCUT2D eigenvalue weighted by atomic mass is 9.68. The molecule has 2 nitrogen and oxygen atoms in total. The highest BCUT2D eigenvalue weighted by atomic mass is 35.5. The molecule has 94 valence electrons. The van der Waals surface area contributed by atoms with Crippen LogP contribution in [-0.2, 0) is 6.54 Å². The van der Waals surface area contributed by atoms with Gasteiger partial charge in [0, 0.05) is 23.7 Å². The Kier molecular flexibility index (Phi) is 3.76. The van der Waals surface area contributed by atoms with E-state index in [1.807, 2.05) is 18.2 Å². The van der Waals surface area contributed by atoms with Gasteiger partial charge in [0.05, 0.1) is 0 Å². The summed E-state index contributed by atoms with van der Waals surface area (Å²) in [6.07, 6.45) is 2.40. The molecular formula is C14H21ClN2. The summed E-state index contributed by atoms with van der Waals surface area (Å²) in [5, 5.41) is 0.846. The predicted octanol–water partition coefficient (Wildman–Crippen LogP) is 2.90. The van der Waals surface area contributed by atoms with Gasteiger partial charge in [0.1, 0.15) is 0 Å². The van der Waals surface area contributed by atoms with Gasteiger partial charge in [0.15, 0.2) is 0 Å². The molecule has 2 rings (SSSR count). The molecule has 1 fully saturated rings. The Morgan fingerprint density at radius 2 is 2.06 bits per heavy atom. The van der Waals surface area contributed by atoms with E-state index in [0.717, 1.165) is 24.0 Å². The number of nitrogens with zero attached hydrogens (tertiary/aromatic N) is 1. The maximum absolute atomic E-state index is 6.19. The third-order valence-corrected chi connectivity index (χ3v) is 4.38. The average molecular weight is 253 g/mol. The fourth-order valence-corrected chi connectivity index (χ4v) is 3.12. The van der Waals surface area contributed by atoms with Gasteiger partial charge in [-0.15, -0.1) is 0 Å². The first-order chi connectivity index (χ1) is 8.07. The standard InChI is InChI=1S/C14H21ClN2/c1-11-7-14(8-11,10-16)17(2)9-12-5-3-4-6-13(12)15/h3-6,11H,7-10,16H2,1-2H3. The zero-order chi connectivity index (χ0) is 12.5. The van der Waals surface area contributed by atoms with E-state index in [1.165, 1.54) is 18.4 Å². The molecule has 0 radical (unpaired) electrons. The second-order valence-electron chi connectivity index (χ2n) is 5.39. The first-order valence-electron chi connectivity index (χ1n) is 6.22. The van der Waals surface area contributed by atoms with Crippen molar-refractivity contribution in [3.63, 3.8) is 0 Å². The average Bonchev–Trinajstić information content (AvgIpc) is 2.27. The maximum Gasteiger partial charge on any atom is 0.0451 e. The number of halogens is 1. The Bertz CT molecular complexity index is 386. The van der Waals surface area contributed by atoms with Crippen LogP contribution in [0.2, 0.25) is 5.02 Å². The second-order valence-corrected chi connectivity index (χ2v) is 5.80. The van der Waals surface area contributed by atoms with Crippen molar-refractivity contribution in [2.45, 2.75) is 31.8 Å². The van der Waals surface area contributed by atoms with Gasteiger partial charge in [-0.3, -0.25) is 4.90 Å². The molecule has 0 aliphatic heterocycles. The van der Waals surface area contributed by atoms with E-state index in [9.17, 15) is 0 Å². The molecule has 0 saturated heterocycles. The topological polar surface area (TPSA) is 29.3 Å². The summed E-state index contributed by atoms with van der Waals surface area (Å²) in [6.45, 7) is 3.90. The van der Waals surface area contributed by atoms with E-state index in [2.05, 4.69) is 24.9 Å². The van der Waals surface area contributed by atoms with E-state index >= 15 is 0 Å². The Balaban J connectivity index is 2.06. The molecule has 0 amide bonds. The number of hydrogen-bond acceptors (Lipinski definition) is 2. The van der Waals surface area contributed by atoms with Crippen LogP contribution in [-0.4, -0.2) is 24.0 Å². The molecule has 2 N–H and O–H groups in total. The summed E-state index contributed by atoms with van der Waals surface area (Å²) < 4.78 is 0. The van der Waals surface area contributed by atoms with E-state index in [-0.39, 0.29) is 5.54 Å². The van der Waals surface area contributed by atoms with Crippen LogP contribution < -0.4 is 5.73 Å². The third kappa shape index (κ3) is 2.49. The van der Waals surface area contributed by atoms with Crippen LogP contribution in [0.5, 0.6) is 0 Å². The van der Waals surface area contributed by atoms with Gasteiger partial charge in [0.2, 0.25) is 0 Å². The van der Waals surface area contributed by atoms with Crippen molar-refractivity contribution in [3.05, 3.63) is 34.9 Å². The summed E-state index contributed by atoms with van der Waals surface area (Å²) in [5.74, 6) is 0.798. The van der Waals surface area contributed by atoms with Crippen molar-refractivity contribution < 1.29 is 0 Å². The van der Waals surface area contributed by atoms with E-state index in [4.69, 9.17) is 17.3 Å². The SMILES string of the molecule is CC1CC(CN)(N(C)Cc2ccccc2Cl)C1. The molecule has 0 bridgehead atoms. The van der Waals surface area contributed by atoms with Crippen LogP contribution in [0, 0.1) is 5.92 Å². The molecule has 1 aliphatic rings. The van der Waals surface area contributed by atoms with Crippen molar-refractivity contribution in [3.8, 4) is 0 Å². The first-order valence-corrected chi connectivity index (χ1v) is 6.60. The van der Waals surface area contributed by atoms with Gasteiger partial charge in [-0.2, -0.15) is 0 Å². The molecule has 0 unspecified atom stereocenters. The largest absolute Gasteiger partial charge is 0.329 e. The van der Waals surface area contributed by atoms with E-state index in [0.29, 0.717) is 0 Å². The molecule has 0 aromatic heterocycles. The predicted molar refractivity (Wildman–Crippen MR) is 73.1 cm³/mol. The van der Waals surface area contributed by atoms with Crippen LogP contribution >= 0.6 is 11.6 Å². The lowest BCUT2D eigenvalue weighted by Gasteiger charge is -2.52. The molecular weight excluding hydrogens is 232 g/mol. The summed E-state index contributed by atoms with van der Waals surface area (Å²) in [4.78, 5) is 2.37. The molecule has 0 atom stereocenters. The van der Waals surface area contributed by atoms with Crippen LogP contribution in [0.4, 0.5) is 0 Å². The van der Waals surface area contributed by atoms with Gasteiger partial charge in [0.25, 0.3) is 0 Å². The lowest BCUT2D eigenvalue weighted by Crippen LogP contribution is -2.59. The zero-order valence-corrected chi connectivity index (χ0v) is 11.4. The number of benzene rings is 1. The highest BCUT2D eigenvalue weighted by Gasteiger charge is 2.43. The van der Waals surface area contributed by atoms with Gasteiger partial charge in [-0.1, -0.05) is 36.7 Å². The zero-order valence-electron chi connectivity index (χ0n) is 10.6. The molecule has 1 saturated carbocycles. The van der Waals surface area contributed by atoms with Crippen LogP contribution in [0.1, 0.15) is 25.3 Å². The van der Waals surface area contributed by atoms with Crippen molar-refractivity contribution in [2.24, 2.45) is 11.7 Å². The summed E-state index contributed by atoms with van der Waals surface area (Å²) >= 11 is 6.19. The Morgan fingerprint density at radius 3 is 2.59 bits per heavy atom. The molecule has 17 heavy (non-hydrogen) atoms. The minimum atomic E-state index is 0.193. The molecule has 1 aromatic carbocycles. The van der Waals surface area contributed by atoms with Gasteiger partial charge >= 0.3 is 0 Å². The highest BCUT2D eigenvalue weighted by Crippen LogP contribution is 2.41. The molecule has 1 aliphatic carbocycles. The number of likely N-dealkylation sites (N-methyl/N-ethyl adjacent to an activating group) is 1. The minimum Gasteiger partial charge on any atom is -0.329 e. The van der Waals surface area contributed by atoms with Crippen LogP contribution in [0.3, 0.4) is 0 Å². The summed E-state index contributed by atoms with van der Waals surface area (Å²) in [5.41, 5.74) is 7.33. The minimum absolute atomic E-state index is 0.193. The fraction of sp³-hybridized carbons (Fsp3) is 0.571. The van der Waals surface area contributed by atoms with Crippen molar-refractivity contribution in [2.75, 3.05) is 13.6 Å². The Hall–Kier alpha value is -0.570.